The monoisotopic (exact) mass is 169 g/mol. The molecule has 0 saturated carbocycles. The van der Waals surface area contributed by atoms with E-state index in [-0.39, 0.29) is 0 Å². The Balaban J connectivity index is 2.45. The third kappa shape index (κ3) is 2.22. The van der Waals surface area contributed by atoms with Crippen LogP contribution in [-0.2, 0) is 0 Å². The van der Waals surface area contributed by atoms with E-state index in [9.17, 15) is 0 Å². The van der Waals surface area contributed by atoms with Gasteiger partial charge in [0.1, 0.15) is 0 Å². The highest BCUT2D eigenvalue weighted by atomic mass is 14.9. The third-order valence-corrected chi connectivity index (χ3v) is 3.35. The molecule has 0 bridgehead atoms. The van der Waals surface area contributed by atoms with Gasteiger partial charge in [0.2, 0.25) is 0 Å². The molecule has 1 fully saturated rings. The smallest absolute Gasteiger partial charge is 0.00421 e. The molecule has 0 aromatic heterocycles. The lowest BCUT2D eigenvalue weighted by Gasteiger charge is -2.30. The standard InChI is InChI=1S/C11H23N/c1-5-6-11(3,4)10-7-9(2)12-8-10/h9-10,12H,5-8H2,1-4H3/t9-,10?/m1/s1. The molecule has 1 nitrogen and oxygen atoms in total. The summed E-state index contributed by atoms with van der Waals surface area (Å²) in [5.41, 5.74) is 0.548. The van der Waals surface area contributed by atoms with E-state index >= 15 is 0 Å². The van der Waals surface area contributed by atoms with Crippen molar-refractivity contribution in [2.24, 2.45) is 11.3 Å². The minimum Gasteiger partial charge on any atom is -0.314 e. The van der Waals surface area contributed by atoms with Gasteiger partial charge in [0.15, 0.2) is 0 Å². The molecule has 0 aromatic rings. The summed E-state index contributed by atoms with van der Waals surface area (Å²) in [5, 5.41) is 3.53. The van der Waals surface area contributed by atoms with Crippen LogP contribution < -0.4 is 5.32 Å². The lowest BCUT2D eigenvalue weighted by atomic mass is 9.74. The summed E-state index contributed by atoms with van der Waals surface area (Å²) in [7, 11) is 0. The average molecular weight is 169 g/mol. The highest BCUT2D eigenvalue weighted by Gasteiger charge is 2.33. The minimum atomic E-state index is 0.548. The molecule has 1 aliphatic rings. The van der Waals surface area contributed by atoms with Gasteiger partial charge in [-0.1, -0.05) is 27.2 Å². The molecule has 0 radical (unpaired) electrons. The van der Waals surface area contributed by atoms with Crippen molar-refractivity contribution in [2.75, 3.05) is 6.54 Å². The van der Waals surface area contributed by atoms with E-state index in [0.29, 0.717) is 5.41 Å². The molecule has 1 aliphatic heterocycles. The van der Waals surface area contributed by atoms with E-state index in [1.165, 1.54) is 25.8 Å². The first-order valence-electron chi connectivity index (χ1n) is 5.29. The van der Waals surface area contributed by atoms with Crippen LogP contribution in [0.3, 0.4) is 0 Å². The summed E-state index contributed by atoms with van der Waals surface area (Å²) in [5.74, 6) is 0.896. The van der Waals surface area contributed by atoms with Crippen molar-refractivity contribution < 1.29 is 0 Å². The highest BCUT2D eigenvalue weighted by molar-refractivity contribution is 4.87. The molecule has 0 aliphatic carbocycles. The fourth-order valence-electron chi connectivity index (χ4n) is 2.38. The normalized spacial score (nSPS) is 31.0. The zero-order chi connectivity index (χ0) is 9.19. The molecular weight excluding hydrogens is 146 g/mol. The average Bonchev–Trinajstić information content (AvgIpc) is 2.36. The first kappa shape index (κ1) is 10.0. The van der Waals surface area contributed by atoms with Crippen molar-refractivity contribution in [1.82, 2.24) is 5.32 Å². The molecule has 1 heteroatoms. The Morgan fingerprint density at radius 3 is 2.50 bits per heavy atom. The predicted octanol–water partition coefficient (Wildman–Crippen LogP) is 2.81. The van der Waals surface area contributed by atoms with E-state index in [4.69, 9.17) is 0 Å². The SMILES string of the molecule is CCCC(C)(C)C1CN[C@H](C)C1. The van der Waals surface area contributed by atoms with Crippen LogP contribution in [0, 0.1) is 11.3 Å². The molecule has 12 heavy (non-hydrogen) atoms. The Morgan fingerprint density at radius 2 is 2.08 bits per heavy atom. The van der Waals surface area contributed by atoms with Crippen molar-refractivity contribution in [3.8, 4) is 0 Å². The van der Waals surface area contributed by atoms with Gasteiger partial charge in [-0.05, 0) is 37.6 Å². The van der Waals surface area contributed by atoms with Crippen molar-refractivity contribution in [3.05, 3.63) is 0 Å². The van der Waals surface area contributed by atoms with E-state index < -0.39 is 0 Å². The van der Waals surface area contributed by atoms with Crippen LogP contribution in [0.25, 0.3) is 0 Å². The first-order chi connectivity index (χ1) is 5.56. The molecule has 2 atom stereocenters. The second kappa shape index (κ2) is 3.78. The van der Waals surface area contributed by atoms with Crippen LogP contribution in [0.1, 0.15) is 47.0 Å². The zero-order valence-electron chi connectivity index (χ0n) is 8.98. The summed E-state index contributed by atoms with van der Waals surface area (Å²) in [4.78, 5) is 0. The molecule has 0 aromatic carbocycles. The van der Waals surface area contributed by atoms with Gasteiger partial charge in [0.05, 0.1) is 0 Å². The summed E-state index contributed by atoms with van der Waals surface area (Å²) >= 11 is 0. The fraction of sp³-hybridized carbons (Fsp3) is 1.00. The Hall–Kier alpha value is -0.0400. The molecule has 0 amide bonds. The van der Waals surface area contributed by atoms with Crippen LogP contribution in [0.15, 0.2) is 0 Å². The Morgan fingerprint density at radius 1 is 1.42 bits per heavy atom. The molecule has 1 saturated heterocycles. The van der Waals surface area contributed by atoms with Crippen molar-refractivity contribution in [3.63, 3.8) is 0 Å². The van der Waals surface area contributed by atoms with Crippen LogP contribution in [-0.4, -0.2) is 12.6 Å². The van der Waals surface area contributed by atoms with Gasteiger partial charge in [-0.3, -0.25) is 0 Å². The Kier molecular flexibility index (Phi) is 3.16. The van der Waals surface area contributed by atoms with E-state index in [1.54, 1.807) is 0 Å². The lowest BCUT2D eigenvalue weighted by Crippen LogP contribution is -2.25. The van der Waals surface area contributed by atoms with E-state index in [1.807, 2.05) is 0 Å². The predicted molar refractivity (Wildman–Crippen MR) is 54.3 cm³/mol. The van der Waals surface area contributed by atoms with E-state index in [0.717, 1.165) is 12.0 Å². The third-order valence-electron chi connectivity index (χ3n) is 3.35. The molecule has 1 rings (SSSR count). The van der Waals surface area contributed by atoms with E-state index in [2.05, 4.69) is 33.0 Å². The van der Waals surface area contributed by atoms with Gasteiger partial charge in [0.25, 0.3) is 0 Å². The van der Waals surface area contributed by atoms with Gasteiger partial charge in [-0.15, -0.1) is 0 Å². The Labute approximate surface area is 76.9 Å². The van der Waals surface area contributed by atoms with Crippen LogP contribution >= 0.6 is 0 Å². The second-order valence-electron chi connectivity index (χ2n) is 4.98. The van der Waals surface area contributed by atoms with Crippen LogP contribution in [0.5, 0.6) is 0 Å². The fourth-order valence-corrected chi connectivity index (χ4v) is 2.38. The number of nitrogens with one attached hydrogen (secondary N) is 1. The maximum absolute atomic E-state index is 3.53. The van der Waals surface area contributed by atoms with Crippen LogP contribution in [0.4, 0.5) is 0 Å². The van der Waals surface area contributed by atoms with Crippen molar-refractivity contribution in [2.45, 2.75) is 53.0 Å². The number of hydrogen-bond donors (Lipinski definition) is 1. The Bertz CT molecular complexity index is 140. The van der Waals surface area contributed by atoms with Gasteiger partial charge in [-0.25, -0.2) is 0 Å². The summed E-state index contributed by atoms with van der Waals surface area (Å²) in [6.07, 6.45) is 4.05. The second-order valence-corrected chi connectivity index (χ2v) is 4.98. The van der Waals surface area contributed by atoms with Gasteiger partial charge in [0, 0.05) is 6.04 Å². The number of hydrogen-bond acceptors (Lipinski definition) is 1. The molecular formula is C11H23N. The lowest BCUT2D eigenvalue weighted by molar-refractivity contribution is 0.207. The zero-order valence-corrected chi connectivity index (χ0v) is 8.98. The topological polar surface area (TPSA) is 12.0 Å². The maximum Gasteiger partial charge on any atom is 0.00421 e. The summed E-state index contributed by atoms with van der Waals surface area (Å²) in [6, 6.07) is 0.742. The van der Waals surface area contributed by atoms with Gasteiger partial charge < -0.3 is 5.32 Å². The summed E-state index contributed by atoms with van der Waals surface area (Å²) in [6.45, 7) is 10.6. The quantitative estimate of drug-likeness (QED) is 0.685. The first-order valence-corrected chi connectivity index (χ1v) is 5.29. The molecule has 0 spiro atoms. The van der Waals surface area contributed by atoms with Crippen molar-refractivity contribution >= 4 is 0 Å². The van der Waals surface area contributed by atoms with Crippen LogP contribution in [0.2, 0.25) is 0 Å². The molecule has 1 unspecified atom stereocenters. The van der Waals surface area contributed by atoms with Crippen molar-refractivity contribution in [1.29, 1.82) is 0 Å². The molecule has 72 valence electrons. The van der Waals surface area contributed by atoms with Gasteiger partial charge in [-0.2, -0.15) is 0 Å². The largest absolute Gasteiger partial charge is 0.314 e. The molecule has 1 heterocycles. The summed E-state index contributed by atoms with van der Waals surface area (Å²) < 4.78 is 0. The van der Waals surface area contributed by atoms with Gasteiger partial charge >= 0.3 is 0 Å². The highest BCUT2D eigenvalue weighted by Crippen LogP contribution is 2.36. The minimum absolute atomic E-state index is 0.548. The number of rotatable bonds is 3. The maximum atomic E-state index is 3.53. The molecule has 1 N–H and O–H groups in total.